The van der Waals surface area contributed by atoms with Crippen LogP contribution >= 0.6 is 11.8 Å². The van der Waals surface area contributed by atoms with E-state index in [4.69, 9.17) is 0 Å². The van der Waals surface area contributed by atoms with Crippen LogP contribution in [0.4, 0.5) is 23.7 Å². The van der Waals surface area contributed by atoms with Gasteiger partial charge in [-0.15, -0.1) is 11.8 Å². The molecule has 2 heterocycles. The van der Waals surface area contributed by atoms with Gasteiger partial charge in [-0.25, -0.2) is 14.5 Å². The number of benzene rings is 1. The van der Waals surface area contributed by atoms with Crippen molar-refractivity contribution in [3.8, 4) is 0 Å². The maximum Gasteiger partial charge on any atom is 0.416 e. The van der Waals surface area contributed by atoms with Crippen LogP contribution in [0.25, 0.3) is 0 Å². The zero-order valence-electron chi connectivity index (χ0n) is 12.2. The van der Waals surface area contributed by atoms with Crippen LogP contribution in [-0.2, 0) is 20.5 Å². The van der Waals surface area contributed by atoms with Gasteiger partial charge in [-0.05, 0) is 18.2 Å². The number of imide groups is 1. The Bertz CT molecular complexity index is 724. The summed E-state index contributed by atoms with van der Waals surface area (Å²) in [7, 11) is 1.16. The quantitative estimate of drug-likeness (QED) is 0.597. The lowest BCUT2D eigenvalue weighted by Crippen LogP contribution is -2.41. The Morgan fingerprint density at radius 2 is 2.04 bits per heavy atom. The molecule has 0 bridgehead atoms. The Labute approximate surface area is 138 Å². The number of amides is 3. The molecule has 2 aliphatic heterocycles. The predicted octanol–water partition coefficient (Wildman–Crippen LogP) is 2.09. The van der Waals surface area contributed by atoms with E-state index in [2.05, 4.69) is 4.74 Å². The lowest BCUT2D eigenvalue weighted by Gasteiger charge is -2.21. The number of urea groups is 1. The molecule has 128 valence electrons. The Morgan fingerprint density at radius 3 is 2.67 bits per heavy atom. The summed E-state index contributed by atoms with van der Waals surface area (Å²) in [5.74, 6) is -1.16. The van der Waals surface area contributed by atoms with Gasteiger partial charge in [0.15, 0.2) is 5.37 Å². The molecule has 24 heavy (non-hydrogen) atoms. The second-order valence-corrected chi connectivity index (χ2v) is 6.25. The minimum atomic E-state index is -4.59. The van der Waals surface area contributed by atoms with Crippen molar-refractivity contribution in [3.63, 3.8) is 0 Å². The van der Waals surface area contributed by atoms with Crippen LogP contribution in [0.5, 0.6) is 0 Å². The number of rotatable bonds is 2. The third-order valence-corrected chi connectivity index (χ3v) is 5.00. The van der Waals surface area contributed by atoms with E-state index in [1.165, 1.54) is 6.07 Å². The topological polar surface area (TPSA) is 66.9 Å². The molecule has 3 rings (SSSR count). The molecule has 2 aliphatic rings. The summed E-state index contributed by atoms with van der Waals surface area (Å²) in [4.78, 5) is 38.4. The molecule has 1 aromatic carbocycles. The van der Waals surface area contributed by atoms with Crippen LogP contribution in [0.1, 0.15) is 5.56 Å². The van der Waals surface area contributed by atoms with Gasteiger partial charge in [-0.2, -0.15) is 13.2 Å². The number of alkyl halides is 3. The van der Waals surface area contributed by atoms with Gasteiger partial charge in [0.05, 0.1) is 18.4 Å². The molecule has 0 aromatic heterocycles. The third kappa shape index (κ3) is 2.50. The number of esters is 1. The summed E-state index contributed by atoms with van der Waals surface area (Å²) >= 11 is 1.08. The standard InChI is InChI=1S/C14H11F3N2O4S/c1-23-12(21)11-19-9(6-24-11)10(20)18(13(19)22)8-4-2-3-7(5-8)14(15,16)17/h2-5,9,11H,6H2,1H3/t9-,11+/m0/s1. The van der Waals surface area contributed by atoms with E-state index in [1.807, 2.05) is 0 Å². The first-order valence-electron chi connectivity index (χ1n) is 6.78. The number of carbonyl (C=O) groups is 3. The fourth-order valence-electron chi connectivity index (χ4n) is 2.63. The number of fused-ring (bicyclic) bond motifs is 1. The average molecular weight is 360 g/mol. The summed E-state index contributed by atoms with van der Waals surface area (Å²) in [5, 5.41) is -0.979. The Balaban J connectivity index is 1.95. The normalized spacial score (nSPS) is 23.7. The second-order valence-electron chi connectivity index (χ2n) is 5.14. The molecule has 0 unspecified atom stereocenters. The lowest BCUT2D eigenvalue weighted by atomic mass is 10.2. The molecular weight excluding hydrogens is 349 g/mol. The monoisotopic (exact) mass is 360 g/mol. The van der Waals surface area contributed by atoms with E-state index in [0.717, 1.165) is 42.0 Å². The number of thioether (sulfide) groups is 1. The molecule has 0 radical (unpaired) electrons. The van der Waals surface area contributed by atoms with Crippen LogP contribution in [-0.4, -0.2) is 47.1 Å². The molecule has 2 fully saturated rings. The van der Waals surface area contributed by atoms with Gasteiger partial charge < -0.3 is 4.74 Å². The number of nitrogens with zero attached hydrogens (tertiary/aromatic N) is 2. The van der Waals surface area contributed by atoms with Gasteiger partial charge in [-0.1, -0.05) is 6.07 Å². The first kappa shape index (κ1) is 16.6. The number of ether oxygens (including phenoxy) is 1. The fraction of sp³-hybridized carbons (Fsp3) is 0.357. The number of methoxy groups -OCH3 is 1. The average Bonchev–Trinajstić information content (AvgIpc) is 3.07. The summed E-state index contributed by atoms with van der Waals surface area (Å²) in [6.07, 6.45) is -4.59. The van der Waals surface area contributed by atoms with E-state index < -0.39 is 41.1 Å². The van der Waals surface area contributed by atoms with Gasteiger partial charge >= 0.3 is 18.2 Å². The predicted molar refractivity (Wildman–Crippen MR) is 78.2 cm³/mol. The van der Waals surface area contributed by atoms with Crippen molar-refractivity contribution in [2.45, 2.75) is 17.6 Å². The van der Waals surface area contributed by atoms with E-state index in [1.54, 1.807) is 0 Å². The van der Waals surface area contributed by atoms with Crippen LogP contribution in [0.3, 0.4) is 0 Å². The molecule has 2 atom stereocenters. The number of halogens is 3. The van der Waals surface area contributed by atoms with Crippen molar-refractivity contribution >= 4 is 35.4 Å². The number of carbonyl (C=O) groups excluding carboxylic acids is 3. The SMILES string of the molecule is COC(=O)[C@H]1SC[C@H]2C(=O)N(c3cccc(C(F)(F)F)c3)C(=O)N12. The minimum absolute atomic E-state index is 0.178. The maximum absolute atomic E-state index is 12.8. The van der Waals surface area contributed by atoms with Crippen LogP contribution in [0.2, 0.25) is 0 Å². The highest BCUT2D eigenvalue weighted by Crippen LogP contribution is 2.39. The lowest BCUT2D eigenvalue weighted by molar-refractivity contribution is -0.142. The smallest absolute Gasteiger partial charge is 0.416 e. The van der Waals surface area contributed by atoms with Crippen LogP contribution in [0, 0.1) is 0 Å². The molecule has 3 amide bonds. The maximum atomic E-state index is 12.8. The Hall–Kier alpha value is -2.23. The van der Waals surface area contributed by atoms with Crippen molar-refractivity contribution in [2.24, 2.45) is 0 Å². The highest BCUT2D eigenvalue weighted by molar-refractivity contribution is 8.00. The molecule has 10 heteroatoms. The van der Waals surface area contributed by atoms with E-state index in [0.29, 0.717) is 4.90 Å². The van der Waals surface area contributed by atoms with Crippen molar-refractivity contribution in [3.05, 3.63) is 29.8 Å². The number of hydrogen-bond acceptors (Lipinski definition) is 5. The zero-order valence-corrected chi connectivity index (χ0v) is 13.1. The second kappa shape index (κ2) is 5.69. The summed E-state index contributed by atoms with van der Waals surface area (Å²) < 4.78 is 43.1. The molecule has 1 aromatic rings. The highest BCUT2D eigenvalue weighted by atomic mass is 32.2. The summed E-state index contributed by atoms with van der Waals surface area (Å²) in [6, 6.07) is 2.23. The van der Waals surface area contributed by atoms with Gasteiger partial charge in [0.25, 0.3) is 5.91 Å². The summed E-state index contributed by atoms with van der Waals surface area (Å²) in [6.45, 7) is 0. The van der Waals surface area contributed by atoms with Crippen molar-refractivity contribution in [2.75, 3.05) is 17.8 Å². The highest BCUT2D eigenvalue weighted by Gasteiger charge is 2.55. The number of hydrogen-bond donors (Lipinski definition) is 0. The van der Waals surface area contributed by atoms with Crippen molar-refractivity contribution in [1.82, 2.24) is 4.90 Å². The molecule has 0 N–H and O–H groups in total. The fourth-order valence-corrected chi connectivity index (χ4v) is 3.93. The third-order valence-electron chi connectivity index (χ3n) is 3.75. The van der Waals surface area contributed by atoms with E-state index >= 15 is 0 Å². The Morgan fingerprint density at radius 1 is 1.33 bits per heavy atom. The van der Waals surface area contributed by atoms with Gasteiger partial charge in [0.2, 0.25) is 0 Å². The Kier molecular flexibility index (Phi) is 3.94. The molecule has 0 saturated carbocycles. The van der Waals surface area contributed by atoms with E-state index in [9.17, 15) is 27.6 Å². The molecule has 0 aliphatic carbocycles. The molecule has 6 nitrogen and oxygen atoms in total. The largest absolute Gasteiger partial charge is 0.467 e. The van der Waals surface area contributed by atoms with Gasteiger partial charge in [0.1, 0.15) is 6.04 Å². The van der Waals surface area contributed by atoms with Crippen molar-refractivity contribution in [1.29, 1.82) is 0 Å². The molecule has 2 saturated heterocycles. The van der Waals surface area contributed by atoms with Crippen molar-refractivity contribution < 1.29 is 32.3 Å². The summed E-state index contributed by atoms with van der Waals surface area (Å²) in [5.41, 5.74) is -1.14. The number of anilines is 1. The molecule has 0 spiro atoms. The zero-order chi connectivity index (χ0) is 17.6. The van der Waals surface area contributed by atoms with Gasteiger partial charge in [-0.3, -0.25) is 9.69 Å². The first-order chi connectivity index (χ1) is 11.3. The minimum Gasteiger partial charge on any atom is -0.467 e. The first-order valence-corrected chi connectivity index (χ1v) is 7.83. The van der Waals surface area contributed by atoms with Gasteiger partial charge in [0, 0.05) is 5.75 Å². The molecular formula is C14H11F3N2O4S. The van der Waals surface area contributed by atoms with E-state index in [-0.39, 0.29) is 11.4 Å². The van der Waals surface area contributed by atoms with Crippen LogP contribution < -0.4 is 4.90 Å². The van der Waals surface area contributed by atoms with Crippen LogP contribution in [0.15, 0.2) is 24.3 Å².